The van der Waals surface area contributed by atoms with E-state index in [0.29, 0.717) is 44.8 Å². The fraction of sp³-hybridized carbons (Fsp3) is 0.857. The van der Waals surface area contributed by atoms with Gasteiger partial charge < -0.3 is 15.3 Å². The second-order valence-corrected chi connectivity index (χ2v) is 5.81. The molecule has 0 aromatic rings. The van der Waals surface area contributed by atoms with Crippen LogP contribution in [-0.4, -0.2) is 47.6 Å². The molecule has 19 heavy (non-hydrogen) atoms. The maximum atomic E-state index is 11.9. The summed E-state index contributed by atoms with van der Waals surface area (Å²) in [4.78, 5) is 24.9. The van der Waals surface area contributed by atoms with Gasteiger partial charge in [-0.05, 0) is 25.2 Å². The Morgan fingerprint density at radius 2 is 1.89 bits per heavy atom. The summed E-state index contributed by atoms with van der Waals surface area (Å²) < 4.78 is 0. The van der Waals surface area contributed by atoms with E-state index < -0.39 is 6.10 Å². The molecule has 1 aliphatic rings. The van der Waals surface area contributed by atoms with E-state index >= 15 is 0 Å². The average Bonchev–Trinajstić information content (AvgIpc) is 2.35. The minimum absolute atomic E-state index is 0.00556. The van der Waals surface area contributed by atoms with Gasteiger partial charge in [0, 0.05) is 32.5 Å². The predicted molar refractivity (Wildman–Crippen MR) is 73.4 cm³/mol. The summed E-state index contributed by atoms with van der Waals surface area (Å²) >= 11 is 0. The average molecular weight is 270 g/mol. The number of piperidine rings is 1. The highest BCUT2D eigenvalue weighted by Crippen LogP contribution is 2.17. The Morgan fingerprint density at radius 1 is 1.32 bits per heavy atom. The fourth-order valence-electron chi connectivity index (χ4n) is 2.45. The Labute approximate surface area is 115 Å². The quantitative estimate of drug-likeness (QED) is 0.775. The van der Waals surface area contributed by atoms with E-state index in [0.717, 1.165) is 0 Å². The Morgan fingerprint density at radius 3 is 2.37 bits per heavy atom. The van der Waals surface area contributed by atoms with Crippen molar-refractivity contribution in [3.05, 3.63) is 0 Å². The third-order valence-corrected chi connectivity index (χ3v) is 3.57. The number of rotatable bonds is 5. The zero-order valence-corrected chi connectivity index (χ0v) is 12.2. The molecule has 110 valence electrons. The van der Waals surface area contributed by atoms with Crippen LogP contribution >= 0.6 is 0 Å². The lowest BCUT2D eigenvalue weighted by atomic mass is 9.95. The van der Waals surface area contributed by atoms with Gasteiger partial charge in [-0.2, -0.15) is 0 Å². The molecule has 0 bridgehead atoms. The summed E-state index contributed by atoms with van der Waals surface area (Å²) in [6.07, 6.45) is 1.65. The Balaban J connectivity index is 2.26. The molecule has 1 aliphatic heterocycles. The highest BCUT2D eigenvalue weighted by atomic mass is 16.3. The molecule has 0 radical (unpaired) electrons. The van der Waals surface area contributed by atoms with Crippen molar-refractivity contribution >= 4 is 11.8 Å². The lowest BCUT2D eigenvalue weighted by Gasteiger charge is -2.30. The molecule has 1 saturated heterocycles. The van der Waals surface area contributed by atoms with Gasteiger partial charge in [-0.3, -0.25) is 9.59 Å². The van der Waals surface area contributed by atoms with Gasteiger partial charge in [0.25, 0.3) is 0 Å². The molecule has 0 saturated carbocycles. The number of aliphatic hydroxyl groups excluding tert-OH is 1. The van der Waals surface area contributed by atoms with Crippen LogP contribution in [0.5, 0.6) is 0 Å². The van der Waals surface area contributed by atoms with E-state index in [1.54, 1.807) is 11.8 Å². The summed E-state index contributed by atoms with van der Waals surface area (Å²) in [5, 5.41) is 12.5. The zero-order chi connectivity index (χ0) is 14.4. The van der Waals surface area contributed by atoms with Crippen molar-refractivity contribution in [2.75, 3.05) is 19.6 Å². The Hall–Kier alpha value is -1.10. The number of carbonyl (C=O) groups is 2. The third-order valence-electron chi connectivity index (χ3n) is 3.57. The zero-order valence-electron chi connectivity index (χ0n) is 12.2. The first-order valence-electron chi connectivity index (χ1n) is 7.11. The Kier molecular flexibility index (Phi) is 6.28. The maximum absolute atomic E-state index is 11.9. The number of carbonyl (C=O) groups excluding carboxylic acids is 2. The third kappa shape index (κ3) is 5.59. The van der Waals surface area contributed by atoms with Crippen LogP contribution in [0.25, 0.3) is 0 Å². The molecule has 1 unspecified atom stereocenters. The number of nitrogens with zero attached hydrogens (tertiary/aromatic N) is 1. The van der Waals surface area contributed by atoms with Crippen LogP contribution in [0, 0.1) is 11.8 Å². The van der Waals surface area contributed by atoms with Crippen molar-refractivity contribution < 1.29 is 14.7 Å². The van der Waals surface area contributed by atoms with Crippen molar-refractivity contribution in [1.82, 2.24) is 10.2 Å². The number of amides is 2. The second-order valence-electron chi connectivity index (χ2n) is 5.81. The van der Waals surface area contributed by atoms with Gasteiger partial charge in [0.1, 0.15) is 0 Å². The smallest absolute Gasteiger partial charge is 0.223 e. The highest BCUT2D eigenvalue weighted by molar-refractivity contribution is 5.79. The second kappa shape index (κ2) is 7.48. The molecule has 1 atom stereocenters. The van der Waals surface area contributed by atoms with Crippen molar-refractivity contribution in [1.29, 1.82) is 0 Å². The topological polar surface area (TPSA) is 69.6 Å². The van der Waals surface area contributed by atoms with Gasteiger partial charge in [-0.15, -0.1) is 0 Å². The van der Waals surface area contributed by atoms with E-state index in [1.165, 1.54) is 0 Å². The van der Waals surface area contributed by atoms with Crippen LogP contribution in [0.4, 0.5) is 0 Å². The molecule has 1 heterocycles. The summed E-state index contributed by atoms with van der Waals surface area (Å²) in [7, 11) is 0. The van der Waals surface area contributed by atoms with Gasteiger partial charge in [-0.1, -0.05) is 13.8 Å². The van der Waals surface area contributed by atoms with Crippen molar-refractivity contribution in [2.45, 2.75) is 46.1 Å². The monoisotopic (exact) mass is 270 g/mol. The molecule has 5 heteroatoms. The van der Waals surface area contributed by atoms with E-state index in [-0.39, 0.29) is 17.7 Å². The highest BCUT2D eigenvalue weighted by Gasteiger charge is 2.26. The number of hydrogen-bond acceptors (Lipinski definition) is 3. The number of likely N-dealkylation sites (tertiary alicyclic amines) is 1. The SMILES string of the molecule is CC(=O)N1CCC(C(=O)NCC(O)CC(C)C)CC1. The lowest BCUT2D eigenvalue weighted by molar-refractivity contribution is -0.134. The van der Waals surface area contributed by atoms with Crippen molar-refractivity contribution in [3.63, 3.8) is 0 Å². The van der Waals surface area contributed by atoms with E-state index in [4.69, 9.17) is 0 Å². The number of nitrogens with one attached hydrogen (secondary N) is 1. The molecule has 0 spiro atoms. The normalized spacial score (nSPS) is 18.5. The van der Waals surface area contributed by atoms with Crippen LogP contribution < -0.4 is 5.32 Å². The molecule has 2 N–H and O–H groups in total. The summed E-state index contributed by atoms with van der Waals surface area (Å²) in [6.45, 7) is 7.28. The standard InChI is InChI=1S/C14H26N2O3/c1-10(2)8-13(18)9-15-14(19)12-4-6-16(7-5-12)11(3)17/h10,12-13,18H,4-9H2,1-3H3,(H,15,19). The van der Waals surface area contributed by atoms with Crippen LogP contribution in [0.2, 0.25) is 0 Å². The summed E-state index contributed by atoms with van der Waals surface area (Å²) in [5.74, 6) is 0.477. The first-order valence-corrected chi connectivity index (χ1v) is 7.11. The van der Waals surface area contributed by atoms with Gasteiger partial charge in [-0.25, -0.2) is 0 Å². The fourth-order valence-corrected chi connectivity index (χ4v) is 2.45. The first-order chi connectivity index (χ1) is 8.90. The van der Waals surface area contributed by atoms with Gasteiger partial charge >= 0.3 is 0 Å². The maximum Gasteiger partial charge on any atom is 0.223 e. The molecule has 1 rings (SSSR count). The molecular formula is C14H26N2O3. The van der Waals surface area contributed by atoms with Crippen LogP contribution in [0.15, 0.2) is 0 Å². The molecule has 0 aliphatic carbocycles. The van der Waals surface area contributed by atoms with Crippen LogP contribution in [-0.2, 0) is 9.59 Å². The number of aliphatic hydroxyl groups is 1. The molecule has 2 amide bonds. The Bertz CT molecular complexity index is 310. The molecule has 0 aromatic heterocycles. The van der Waals surface area contributed by atoms with E-state index in [2.05, 4.69) is 5.32 Å². The molecule has 5 nitrogen and oxygen atoms in total. The first kappa shape index (κ1) is 16.0. The van der Waals surface area contributed by atoms with Crippen molar-refractivity contribution in [2.24, 2.45) is 11.8 Å². The van der Waals surface area contributed by atoms with Gasteiger partial charge in [0.2, 0.25) is 11.8 Å². The van der Waals surface area contributed by atoms with Crippen LogP contribution in [0.3, 0.4) is 0 Å². The van der Waals surface area contributed by atoms with Crippen molar-refractivity contribution in [3.8, 4) is 0 Å². The van der Waals surface area contributed by atoms with Gasteiger partial charge in [0.15, 0.2) is 0 Å². The minimum Gasteiger partial charge on any atom is -0.391 e. The predicted octanol–water partition coefficient (Wildman–Crippen LogP) is 0.768. The van der Waals surface area contributed by atoms with E-state index in [9.17, 15) is 14.7 Å². The largest absolute Gasteiger partial charge is 0.391 e. The van der Waals surface area contributed by atoms with E-state index in [1.807, 2.05) is 13.8 Å². The lowest BCUT2D eigenvalue weighted by Crippen LogP contribution is -2.43. The summed E-state index contributed by atoms with van der Waals surface area (Å²) in [5.41, 5.74) is 0. The number of hydrogen-bond donors (Lipinski definition) is 2. The molecule has 0 aromatic carbocycles. The molecular weight excluding hydrogens is 244 g/mol. The van der Waals surface area contributed by atoms with Gasteiger partial charge in [0.05, 0.1) is 6.10 Å². The van der Waals surface area contributed by atoms with Crippen LogP contribution in [0.1, 0.15) is 40.0 Å². The summed E-state index contributed by atoms with van der Waals surface area (Å²) in [6, 6.07) is 0. The molecule has 1 fully saturated rings. The minimum atomic E-state index is -0.471.